The zero-order valence-corrected chi connectivity index (χ0v) is 23.9. The summed E-state index contributed by atoms with van der Waals surface area (Å²) in [4.78, 5) is 20.8. The lowest BCUT2D eigenvalue weighted by Crippen LogP contribution is -2.33. The van der Waals surface area contributed by atoms with E-state index in [4.69, 9.17) is 9.59 Å². The second-order valence-corrected chi connectivity index (χ2v) is 12.1. The van der Waals surface area contributed by atoms with E-state index in [9.17, 15) is 8.42 Å². The normalized spacial score (nSPS) is 15.9. The van der Waals surface area contributed by atoms with Gasteiger partial charge in [0.25, 0.3) is 0 Å². The third-order valence-corrected chi connectivity index (χ3v) is 8.97. The molecule has 1 fully saturated rings. The van der Waals surface area contributed by atoms with Crippen molar-refractivity contribution < 1.29 is 18.0 Å². The van der Waals surface area contributed by atoms with Gasteiger partial charge in [-0.15, -0.1) is 0 Å². The Morgan fingerprint density at radius 3 is 2.20 bits per heavy atom. The predicted octanol–water partition coefficient (Wildman–Crippen LogP) is 5.39. The first-order valence-corrected chi connectivity index (χ1v) is 15.2. The minimum Gasteiger partial charge on any atom is -0.372 e. The first-order chi connectivity index (χ1) is 18.7. The molecule has 3 aromatic rings. The van der Waals surface area contributed by atoms with Gasteiger partial charge in [-0.25, -0.2) is 8.42 Å². The summed E-state index contributed by atoms with van der Waals surface area (Å²) >= 11 is 0. The van der Waals surface area contributed by atoms with Gasteiger partial charge >= 0.3 is 0 Å². The largest absolute Gasteiger partial charge is 0.372 e. The van der Waals surface area contributed by atoms with Gasteiger partial charge in [-0.3, -0.25) is 9.59 Å². The second-order valence-electron chi connectivity index (χ2n) is 10.1. The molecule has 40 heavy (non-hydrogen) atoms. The van der Waals surface area contributed by atoms with Crippen molar-refractivity contribution in [3.8, 4) is 11.1 Å². The summed E-state index contributed by atoms with van der Waals surface area (Å²) in [6.07, 6.45) is 11.2. The highest BCUT2D eigenvalue weighted by Crippen LogP contribution is 2.40. The molecule has 1 saturated carbocycles. The second kappa shape index (κ2) is 14.8. The molecule has 2 amide bonds. The predicted molar refractivity (Wildman–Crippen MR) is 165 cm³/mol. The molecular weight excluding hydrogens is 524 g/mol. The van der Waals surface area contributed by atoms with Gasteiger partial charge in [-0.2, -0.15) is 4.31 Å². The number of aromatic nitrogens is 1. The maximum atomic E-state index is 11.9. The van der Waals surface area contributed by atoms with Crippen LogP contribution in [0.4, 0.5) is 0 Å². The summed E-state index contributed by atoms with van der Waals surface area (Å²) in [6, 6.07) is 13.6. The first kappa shape index (κ1) is 32.8. The molecule has 2 aliphatic rings. The number of primary amides is 2. The zero-order valence-electron chi connectivity index (χ0n) is 23.1. The van der Waals surface area contributed by atoms with Crippen LogP contribution in [0.15, 0.2) is 42.5 Å². The maximum absolute atomic E-state index is 11.9. The maximum Gasteiger partial charge on any atom is 0.211 e. The van der Waals surface area contributed by atoms with Gasteiger partial charge in [0.15, 0.2) is 0 Å². The highest BCUT2D eigenvalue weighted by atomic mass is 32.2. The summed E-state index contributed by atoms with van der Waals surface area (Å²) < 4.78 is 25.3. The number of amides is 2. The van der Waals surface area contributed by atoms with Crippen molar-refractivity contribution in [1.29, 1.82) is 0 Å². The average molecular weight is 569 g/mol. The highest BCUT2D eigenvalue weighted by Gasteiger charge is 2.23. The van der Waals surface area contributed by atoms with Crippen LogP contribution in [0.3, 0.4) is 0 Å². The molecule has 0 unspecified atom stereocenters. The molecule has 1 aliphatic heterocycles. The molecule has 0 radical (unpaired) electrons. The Hall–Kier alpha value is -3.43. The smallest absolute Gasteiger partial charge is 0.211 e. The fraction of sp³-hybridized carbons (Fsp3) is 0.419. The number of benzene rings is 2. The van der Waals surface area contributed by atoms with E-state index >= 15 is 0 Å². The zero-order chi connectivity index (χ0) is 28.6. The molecule has 1 aliphatic carbocycles. The molecule has 5 N–H and O–H groups in total. The van der Waals surface area contributed by atoms with Crippen LogP contribution in [-0.4, -0.2) is 49.9 Å². The number of fused-ring (bicyclic) bond motifs is 1. The van der Waals surface area contributed by atoms with E-state index < -0.39 is 10.0 Å². The van der Waals surface area contributed by atoms with Gasteiger partial charge in [-0.1, -0.05) is 63.1 Å². The number of carbonyl (C=O) groups is 2. The lowest BCUT2D eigenvalue weighted by atomic mass is 9.80. The Morgan fingerprint density at radius 1 is 0.975 bits per heavy atom. The van der Waals surface area contributed by atoms with Crippen molar-refractivity contribution in [3.05, 3.63) is 64.9 Å². The molecule has 5 rings (SSSR count). The van der Waals surface area contributed by atoms with E-state index in [1.807, 2.05) is 0 Å². The number of hydrogen-bond donors (Lipinski definition) is 3. The average Bonchev–Trinajstić information content (AvgIpc) is 3.37. The fourth-order valence-electron chi connectivity index (χ4n) is 5.76. The monoisotopic (exact) mass is 568 g/mol. The number of nitrogens with zero attached hydrogens (tertiary/aromatic N) is 1. The van der Waals surface area contributed by atoms with Crippen molar-refractivity contribution >= 4 is 39.3 Å². The number of aromatic amines is 1. The lowest BCUT2D eigenvalue weighted by Gasteiger charge is -2.25. The summed E-state index contributed by atoms with van der Waals surface area (Å²) in [5.74, 6) is 0.687. The minimum absolute atomic E-state index is 0. The molecular formula is C31H44N4O4S. The van der Waals surface area contributed by atoms with Crippen LogP contribution in [0, 0.1) is 13.8 Å². The molecule has 0 saturated heterocycles. The third kappa shape index (κ3) is 7.61. The Morgan fingerprint density at radius 2 is 1.62 bits per heavy atom. The Kier molecular flexibility index (Phi) is 12.1. The quantitative estimate of drug-likeness (QED) is 0.363. The van der Waals surface area contributed by atoms with E-state index in [1.165, 1.54) is 87.0 Å². The van der Waals surface area contributed by atoms with Crippen molar-refractivity contribution in [2.75, 3.05) is 19.3 Å². The van der Waals surface area contributed by atoms with E-state index in [0.29, 0.717) is 19.0 Å². The first-order valence-electron chi connectivity index (χ1n) is 13.3. The molecule has 1 aromatic heterocycles. The molecule has 8 nitrogen and oxygen atoms in total. The molecule has 218 valence electrons. The van der Waals surface area contributed by atoms with Crippen LogP contribution < -0.4 is 11.5 Å². The van der Waals surface area contributed by atoms with Crippen molar-refractivity contribution in [3.63, 3.8) is 0 Å². The summed E-state index contributed by atoms with van der Waals surface area (Å²) in [7, 11) is -3.15. The molecule has 0 spiro atoms. The van der Waals surface area contributed by atoms with Gasteiger partial charge < -0.3 is 16.5 Å². The highest BCUT2D eigenvalue weighted by molar-refractivity contribution is 7.88. The summed E-state index contributed by atoms with van der Waals surface area (Å²) in [5, 5.41) is 1.25. The number of hydrogen-bond acceptors (Lipinski definition) is 4. The molecule has 2 aromatic carbocycles. The number of sulfonamides is 1. The standard InChI is InChI=1S/C28H34N2O2S.2CH3NO.CH4/c1-19-12-13-25(24-11-7-10-23(20(24)2)21-8-5-4-6-9-21)26-18-27(29-28(19)26)22-14-16-30(17-15-22)33(3,31)32;2*2-1-3;/h7,10-14,18,21,29H,4-6,8-9,15-17H2,1-3H3;2*1H,(H2,2,3);1H4. The van der Waals surface area contributed by atoms with Crippen LogP contribution in [0.2, 0.25) is 0 Å². The van der Waals surface area contributed by atoms with Crippen LogP contribution in [0.5, 0.6) is 0 Å². The molecule has 0 bridgehead atoms. The van der Waals surface area contributed by atoms with Crippen LogP contribution in [-0.2, 0) is 19.6 Å². The number of nitrogens with one attached hydrogen (secondary N) is 1. The minimum atomic E-state index is -3.15. The number of aryl methyl sites for hydroxylation is 1. The SMILES string of the molecule is C.Cc1c(-c2ccc(C)c3[nH]c(C4=CCN(S(C)(=O)=O)CC4)cc23)cccc1C1CCCCC1.NC=O.NC=O. The van der Waals surface area contributed by atoms with Crippen LogP contribution in [0.1, 0.15) is 74.3 Å². The lowest BCUT2D eigenvalue weighted by molar-refractivity contribution is -0.107. The van der Waals surface area contributed by atoms with Gasteiger partial charge in [0.05, 0.1) is 6.26 Å². The fourth-order valence-corrected chi connectivity index (χ4v) is 6.53. The van der Waals surface area contributed by atoms with E-state index in [0.717, 1.165) is 12.1 Å². The third-order valence-electron chi connectivity index (χ3n) is 7.70. The summed E-state index contributed by atoms with van der Waals surface area (Å²) in [6.45, 7) is 5.42. The Labute approximate surface area is 238 Å². The van der Waals surface area contributed by atoms with Crippen molar-refractivity contribution in [2.45, 2.75) is 65.7 Å². The molecule has 9 heteroatoms. The van der Waals surface area contributed by atoms with Crippen molar-refractivity contribution in [2.24, 2.45) is 11.5 Å². The van der Waals surface area contributed by atoms with E-state index in [-0.39, 0.29) is 20.2 Å². The number of H-pyrrole nitrogens is 1. The van der Waals surface area contributed by atoms with Crippen LogP contribution >= 0.6 is 0 Å². The summed E-state index contributed by atoms with van der Waals surface area (Å²) in [5.41, 5.74) is 18.6. The van der Waals surface area contributed by atoms with E-state index in [2.05, 4.69) is 72.8 Å². The Bertz CT molecular complexity index is 1430. The van der Waals surface area contributed by atoms with Gasteiger partial charge in [-0.05, 0) is 78.5 Å². The van der Waals surface area contributed by atoms with E-state index in [1.54, 1.807) is 0 Å². The number of nitrogens with two attached hydrogens (primary N) is 2. The van der Waals surface area contributed by atoms with Gasteiger partial charge in [0.1, 0.15) is 0 Å². The Balaban J connectivity index is 0.000000737. The number of rotatable bonds is 4. The van der Waals surface area contributed by atoms with Gasteiger partial charge in [0, 0.05) is 29.7 Å². The van der Waals surface area contributed by atoms with Crippen molar-refractivity contribution in [1.82, 2.24) is 9.29 Å². The molecule has 2 heterocycles. The van der Waals surface area contributed by atoms with Crippen LogP contribution in [0.25, 0.3) is 27.6 Å². The van der Waals surface area contributed by atoms with Gasteiger partial charge in [0.2, 0.25) is 22.8 Å². The topological polar surface area (TPSA) is 139 Å². The number of carbonyl (C=O) groups excluding carboxylic acids is 2. The molecule has 0 atom stereocenters.